The fourth-order valence-electron chi connectivity index (χ4n) is 1.62. The molecule has 0 spiro atoms. The van der Waals surface area contributed by atoms with E-state index in [0.29, 0.717) is 19.5 Å². The minimum absolute atomic E-state index is 0.0341. The molecule has 1 fully saturated rings. The molecule has 80 valence electrons. The molecule has 1 atom stereocenters. The number of aliphatic carboxylic acids is 1. The number of carbonyl (C=O) groups excluding carboxylic acids is 1. The second-order valence-corrected chi connectivity index (χ2v) is 3.45. The van der Waals surface area contributed by atoms with Crippen molar-refractivity contribution in [3.05, 3.63) is 0 Å². The Balaban J connectivity index is 2.47. The molecule has 0 aliphatic carbocycles. The Hall–Kier alpha value is -1.10. The summed E-state index contributed by atoms with van der Waals surface area (Å²) in [5.41, 5.74) is 0. The van der Waals surface area contributed by atoms with Crippen molar-refractivity contribution in [2.45, 2.75) is 12.8 Å². The SMILES string of the molecule is COCC(=O)N1CCC[C@@H](C(=O)O)C1. The number of piperidine rings is 1. The third-order valence-electron chi connectivity index (χ3n) is 2.39. The van der Waals surface area contributed by atoms with Crippen LogP contribution < -0.4 is 0 Å². The number of likely N-dealkylation sites (tertiary alicyclic amines) is 1. The minimum atomic E-state index is -0.820. The summed E-state index contributed by atoms with van der Waals surface area (Å²) in [7, 11) is 1.45. The van der Waals surface area contributed by atoms with Crippen molar-refractivity contribution in [1.29, 1.82) is 0 Å². The lowest BCUT2D eigenvalue weighted by Gasteiger charge is -2.30. The maximum Gasteiger partial charge on any atom is 0.308 e. The molecule has 0 radical (unpaired) electrons. The number of nitrogens with zero attached hydrogens (tertiary/aromatic N) is 1. The Morgan fingerprint density at radius 2 is 2.29 bits per heavy atom. The van der Waals surface area contributed by atoms with E-state index in [1.165, 1.54) is 7.11 Å². The zero-order chi connectivity index (χ0) is 10.6. The lowest BCUT2D eigenvalue weighted by molar-refractivity contribution is -0.146. The molecule has 5 heteroatoms. The van der Waals surface area contributed by atoms with Crippen molar-refractivity contribution < 1.29 is 19.4 Å². The van der Waals surface area contributed by atoms with Crippen molar-refractivity contribution in [3.63, 3.8) is 0 Å². The van der Waals surface area contributed by atoms with E-state index >= 15 is 0 Å². The van der Waals surface area contributed by atoms with Gasteiger partial charge in [0.2, 0.25) is 5.91 Å². The highest BCUT2D eigenvalue weighted by atomic mass is 16.5. The van der Waals surface area contributed by atoms with E-state index in [9.17, 15) is 9.59 Å². The van der Waals surface area contributed by atoms with Crippen molar-refractivity contribution in [1.82, 2.24) is 4.90 Å². The molecule has 14 heavy (non-hydrogen) atoms. The number of carboxylic acids is 1. The Kier molecular flexibility index (Phi) is 3.88. The van der Waals surface area contributed by atoms with Gasteiger partial charge in [-0.05, 0) is 12.8 Å². The van der Waals surface area contributed by atoms with E-state index < -0.39 is 11.9 Å². The lowest BCUT2D eigenvalue weighted by Crippen LogP contribution is -2.43. The van der Waals surface area contributed by atoms with Gasteiger partial charge in [0.25, 0.3) is 0 Å². The molecule has 1 saturated heterocycles. The molecular weight excluding hydrogens is 186 g/mol. The number of carboxylic acid groups (broad SMARTS) is 1. The largest absolute Gasteiger partial charge is 0.481 e. The third kappa shape index (κ3) is 2.70. The summed E-state index contributed by atoms with van der Waals surface area (Å²) in [6.07, 6.45) is 1.42. The third-order valence-corrected chi connectivity index (χ3v) is 2.39. The van der Waals surface area contributed by atoms with E-state index in [-0.39, 0.29) is 12.5 Å². The molecule has 1 aliphatic rings. The van der Waals surface area contributed by atoms with Crippen LogP contribution in [0.3, 0.4) is 0 Å². The number of ether oxygens (including phenoxy) is 1. The van der Waals surface area contributed by atoms with Crippen molar-refractivity contribution in [2.24, 2.45) is 5.92 Å². The number of carbonyl (C=O) groups is 2. The van der Waals surface area contributed by atoms with E-state index in [4.69, 9.17) is 9.84 Å². The monoisotopic (exact) mass is 201 g/mol. The first kappa shape index (κ1) is 11.0. The highest BCUT2D eigenvalue weighted by Crippen LogP contribution is 2.16. The van der Waals surface area contributed by atoms with Crippen LogP contribution in [-0.4, -0.2) is 48.7 Å². The van der Waals surface area contributed by atoms with E-state index in [0.717, 1.165) is 6.42 Å². The molecule has 1 N–H and O–H groups in total. The standard InChI is InChI=1S/C9H15NO4/c1-14-6-8(11)10-4-2-3-7(5-10)9(12)13/h7H,2-6H2,1H3,(H,12,13)/t7-/m1/s1. The summed E-state index contributed by atoms with van der Waals surface area (Å²) in [5.74, 6) is -1.36. The predicted molar refractivity (Wildman–Crippen MR) is 48.8 cm³/mol. The summed E-state index contributed by atoms with van der Waals surface area (Å²) in [4.78, 5) is 23.6. The Morgan fingerprint density at radius 3 is 2.86 bits per heavy atom. The Morgan fingerprint density at radius 1 is 1.57 bits per heavy atom. The highest BCUT2D eigenvalue weighted by molar-refractivity contribution is 5.79. The zero-order valence-electron chi connectivity index (χ0n) is 8.23. The summed E-state index contributed by atoms with van der Waals surface area (Å²) in [5, 5.41) is 8.80. The summed E-state index contributed by atoms with van der Waals surface area (Å²) < 4.78 is 4.71. The second kappa shape index (κ2) is 4.95. The Bertz CT molecular complexity index is 229. The van der Waals surface area contributed by atoms with Gasteiger partial charge in [-0.2, -0.15) is 0 Å². The molecule has 0 aromatic heterocycles. The van der Waals surface area contributed by atoms with Crippen LogP contribution in [0.5, 0.6) is 0 Å². The average Bonchev–Trinajstić information content (AvgIpc) is 2.18. The molecule has 1 rings (SSSR count). The van der Waals surface area contributed by atoms with Crippen molar-refractivity contribution >= 4 is 11.9 Å². The predicted octanol–water partition coefficient (Wildman–Crippen LogP) is -0.0440. The van der Waals surface area contributed by atoms with Crippen LogP contribution in [0.25, 0.3) is 0 Å². The van der Waals surface area contributed by atoms with Gasteiger partial charge in [-0.25, -0.2) is 0 Å². The molecule has 0 saturated carbocycles. The molecule has 0 bridgehead atoms. The summed E-state index contributed by atoms with van der Waals surface area (Å²) in [6, 6.07) is 0. The smallest absolute Gasteiger partial charge is 0.308 e. The van der Waals surface area contributed by atoms with Gasteiger partial charge >= 0.3 is 5.97 Å². The number of amides is 1. The molecule has 5 nitrogen and oxygen atoms in total. The van der Waals surface area contributed by atoms with Gasteiger partial charge < -0.3 is 14.7 Å². The number of hydrogen-bond acceptors (Lipinski definition) is 3. The topological polar surface area (TPSA) is 66.8 Å². The second-order valence-electron chi connectivity index (χ2n) is 3.45. The van der Waals surface area contributed by atoms with Gasteiger partial charge in [-0.15, -0.1) is 0 Å². The van der Waals surface area contributed by atoms with Gasteiger partial charge in [-0.1, -0.05) is 0 Å². The summed E-state index contributed by atoms with van der Waals surface area (Å²) in [6.45, 7) is 0.996. The van der Waals surface area contributed by atoms with Gasteiger partial charge in [0, 0.05) is 20.2 Å². The van der Waals surface area contributed by atoms with Crippen LogP contribution in [-0.2, 0) is 14.3 Å². The first-order valence-corrected chi connectivity index (χ1v) is 4.64. The summed E-state index contributed by atoms with van der Waals surface area (Å²) >= 11 is 0. The van der Waals surface area contributed by atoms with Crippen LogP contribution >= 0.6 is 0 Å². The van der Waals surface area contributed by atoms with Crippen LogP contribution in [0.15, 0.2) is 0 Å². The molecule has 1 heterocycles. The molecular formula is C9H15NO4. The van der Waals surface area contributed by atoms with Crippen LogP contribution in [0, 0.1) is 5.92 Å². The normalized spacial score (nSPS) is 22.1. The molecule has 0 unspecified atom stereocenters. The fourth-order valence-corrected chi connectivity index (χ4v) is 1.62. The average molecular weight is 201 g/mol. The van der Waals surface area contributed by atoms with Gasteiger partial charge in [0.1, 0.15) is 6.61 Å². The van der Waals surface area contributed by atoms with E-state index in [1.54, 1.807) is 4.90 Å². The minimum Gasteiger partial charge on any atom is -0.481 e. The maximum atomic E-state index is 11.4. The van der Waals surface area contributed by atoms with Crippen molar-refractivity contribution in [3.8, 4) is 0 Å². The van der Waals surface area contributed by atoms with Gasteiger partial charge in [0.15, 0.2) is 0 Å². The van der Waals surface area contributed by atoms with Crippen LogP contribution in [0.2, 0.25) is 0 Å². The maximum absolute atomic E-state index is 11.4. The quantitative estimate of drug-likeness (QED) is 0.695. The molecule has 1 aliphatic heterocycles. The highest BCUT2D eigenvalue weighted by Gasteiger charge is 2.27. The van der Waals surface area contributed by atoms with Gasteiger partial charge in [0.05, 0.1) is 5.92 Å². The van der Waals surface area contributed by atoms with Crippen LogP contribution in [0.4, 0.5) is 0 Å². The molecule has 0 aromatic carbocycles. The number of hydrogen-bond donors (Lipinski definition) is 1. The molecule has 0 aromatic rings. The van der Waals surface area contributed by atoms with Crippen molar-refractivity contribution in [2.75, 3.05) is 26.8 Å². The first-order chi connectivity index (χ1) is 6.65. The molecule has 1 amide bonds. The fraction of sp³-hybridized carbons (Fsp3) is 0.778. The Labute approximate surface area is 82.6 Å². The zero-order valence-corrected chi connectivity index (χ0v) is 8.23. The van der Waals surface area contributed by atoms with E-state index in [1.807, 2.05) is 0 Å². The van der Waals surface area contributed by atoms with Gasteiger partial charge in [-0.3, -0.25) is 9.59 Å². The number of methoxy groups -OCH3 is 1. The lowest BCUT2D eigenvalue weighted by atomic mass is 9.98. The number of rotatable bonds is 3. The first-order valence-electron chi connectivity index (χ1n) is 4.64. The van der Waals surface area contributed by atoms with Crippen LogP contribution in [0.1, 0.15) is 12.8 Å². The van der Waals surface area contributed by atoms with E-state index in [2.05, 4.69) is 0 Å².